The highest BCUT2D eigenvalue weighted by molar-refractivity contribution is 5.74. The van der Waals surface area contributed by atoms with E-state index in [-0.39, 0.29) is 97.1 Å². The predicted octanol–water partition coefficient (Wildman–Crippen LogP) is 10.3. The Morgan fingerprint density at radius 1 is 0.256 bits per heavy atom. The zero-order valence-electron chi connectivity index (χ0n) is 51.8. The molecule has 2 aliphatic carbocycles. The third-order valence-electron chi connectivity index (χ3n) is 18.1. The van der Waals surface area contributed by atoms with Crippen molar-refractivity contribution in [2.24, 2.45) is 35.5 Å². The number of carbonyl (C=O) groups is 4. The lowest BCUT2D eigenvalue weighted by atomic mass is 9.73. The lowest BCUT2D eigenvalue weighted by molar-refractivity contribution is -0.161. The van der Waals surface area contributed by atoms with Gasteiger partial charge in [-0.15, -0.1) is 0 Å². The van der Waals surface area contributed by atoms with Gasteiger partial charge in [-0.25, -0.2) is 0 Å². The Morgan fingerprint density at radius 2 is 0.451 bits per heavy atom. The van der Waals surface area contributed by atoms with Gasteiger partial charge in [0.05, 0.1) is 152 Å². The van der Waals surface area contributed by atoms with E-state index in [1.165, 1.54) is 38.5 Å². The molecule has 6 saturated heterocycles. The smallest absolute Gasteiger partial charge is 0.311 e. The van der Waals surface area contributed by atoms with Crippen molar-refractivity contribution in [3.63, 3.8) is 0 Å². The third-order valence-corrected chi connectivity index (χ3v) is 18.1. The van der Waals surface area contributed by atoms with Crippen LogP contribution in [-0.4, -0.2) is 176 Å². The van der Waals surface area contributed by atoms with Crippen molar-refractivity contribution in [3.8, 4) is 0 Å². The zero-order valence-corrected chi connectivity index (χ0v) is 51.8. The van der Waals surface area contributed by atoms with E-state index in [9.17, 15) is 19.2 Å². The highest BCUT2D eigenvalue weighted by Crippen LogP contribution is 2.39. The molecule has 0 unspecified atom stereocenters. The van der Waals surface area contributed by atoms with Gasteiger partial charge in [0.15, 0.2) is 0 Å². The van der Waals surface area contributed by atoms with Crippen LogP contribution in [0.1, 0.15) is 197 Å². The summed E-state index contributed by atoms with van der Waals surface area (Å²) in [5.41, 5.74) is 0. The number of hydrogen-bond acceptors (Lipinski definition) is 18. The Kier molecular flexibility index (Phi) is 31.7. The molecule has 8 bridgehead atoms. The maximum absolute atomic E-state index is 13.1. The molecule has 16 atom stereocenters. The molecule has 2 saturated carbocycles. The molecule has 6 heterocycles. The van der Waals surface area contributed by atoms with E-state index in [1.54, 1.807) is 25.7 Å². The van der Waals surface area contributed by atoms with Crippen molar-refractivity contribution in [3.05, 3.63) is 0 Å². The third kappa shape index (κ3) is 24.7. The van der Waals surface area contributed by atoms with E-state index in [4.69, 9.17) is 66.3 Å². The van der Waals surface area contributed by atoms with E-state index >= 15 is 0 Å². The Labute approximate surface area is 492 Å². The first kappa shape index (κ1) is 68.6. The summed E-state index contributed by atoms with van der Waals surface area (Å²) in [7, 11) is 0. The SMILES string of the molecule is C1CCC(C2CCCCC2)CC1.C1COCCOCCOCCOCCOCCO1.C[C@@H]1C[C@H]2CC[C@H](O2)[C@H](C)C(=O)O[C@@H](C)C[C@@H]2CC[C@@H](O2)[C@@H](C)C(=O)O[C@H](C)C[C@H]2CC[C@H](O2)[C@H](C)C(=O)O[C@@H](C)C[C@@H]2CC[C@@H](O2)[C@@H](C)C(=O)O1. The number of ether oxygens (including phenoxy) is 14. The molecule has 0 aromatic carbocycles. The average molecular weight is 1170 g/mol. The van der Waals surface area contributed by atoms with Gasteiger partial charge in [-0.1, -0.05) is 64.2 Å². The maximum atomic E-state index is 13.1. The summed E-state index contributed by atoms with van der Waals surface area (Å²) in [6.07, 6.45) is 20.6. The van der Waals surface area contributed by atoms with E-state index in [0.717, 1.165) is 63.2 Å². The number of hydrogen-bond donors (Lipinski definition) is 0. The fourth-order valence-electron chi connectivity index (χ4n) is 13.1. The largest absolute Gasteiger partial charge is 0.462 e. The van der Waals surface area contributed by atoms with E-state index in [2.05, 4.69) is 0 Å². The standard InChI is InChI=1S/C40H64O12.C12H24O6.C12H22/c1-21-17-29-9-13-34(49-29)26(6)38(42)46-23(3)19-31-11-15-36(51-31)28(8)40(44)48-24(4)20-32-12-16-35(52-32)27(7)39(43)47-22(2)18-30-10-14-33(50-30)25(5)37(41)45-21;1-2-14-5-6-16-9-10-18-12-11-17-8-7-15-4-3-13-1;1-3-7-11(8-4-1)12-9-5-2-6-10-12/h21-36H,9-20H2,1-8H3;1-12H2;11-12H,1-10H2/t21-,22+,23+,24-,25-,26+,27+,28-,29-,30+,31+,32-,33-,34+,35+,36-;;. The molecule has 82 heavy (non-hydrogen) atoms. The van der Waals surface area contributed by atoms with Crippen molar-refractivity contribution in [1.82, 2.24) is 0 Å². The van der Waals surface area contributed by atoms with Crippen LogP contribution in [0.3, 0.4) is 0 Å². The predicted molar refractivity (Wildman–Crippen MR) is 307 cm³/mol. The normalized spacial score (nSPS) is 38.2. The number of esters is 4. The molecule has 0 spiro atoms. The van der Waals surface area contributed by atoms with Crippen LogP contribution in [0.15, 0.2) is 0 Å². The van der Waals surface area contributed by atoms with Crippen molar-refractivity contribution < 1.29 is 85.5 Å². The highest BCUT2D eigenvalue weighted by atomic mass is 16.6. The second-order valence-corrected chi connectivity index (χ2v) is 25.1. The van der Waals surface area contributed by atoms with Crippen LogP contribution in [0.2, 0.25) is 0 Å². The lowest BCUT2D eigenvalue weighted by Crippen LogP contribution is -2.34. The van der Waals surface area contributed by atoms with Gasteiger partial charge in [-0.2, -0.15) is 0 Å². The molecule has 8 aliphatic rings. The van der Waals surface area contributed by atoms with Crippen molar-refractivity contribution in [2.75, 3.05) is 79.3 Å². The minimum absolute atomic E-state index is 0.119. The fourth-order valence-corrected chi connectivity index (χ4v) is 13.1. The van der Waals surface area contributed by atoms with Crippen LogP contribution in [-0.2, 0) is 85.5 Å². The first-order valence-electron chi connectivity index (χ1n) is 32.5. The molecule has 0 radical (unpaired) electrons. The zero-order chi connectivity index (χ0) is 58.6. The summed E-state index contributed by atoms with van der Waals surface area (Å²) >= 11 is 0. The molecule has 0 N–H and O–H groups in total. The van der Waals surface area contributed by atoms with Crippen LogP contribution in [0.4, 0.5) is 0 Å². The monoisotopic (exact) mass is 1170 g/mol. The lowest BCUT2D eigenvalue weighted by Gasteiger charge is -2.32. The van der Waals surface area contributed by atoms with Gasteiger partial charge >= 0.3 is 23.9 Å². The van der Waals surface area contributed by atoms with Crippen molar-refractivity contribution in [2.45, 2.75) is 270 Å². The molecule has 18 heteroatoms. The molecule has 8 rings (SSSR count). The summed E-state index contributed by atoms with van der Waals surface area (Å²) in [5, 5.41) is 0. The molecule has 474 valence electrons. The number of carbonyl (C=O) groups excluding carboxylic acids is 4. The summed E-state index contributed by atoms with van der Waals surface area (Å²) in [5.74, 6) is -0.656. The Bertz CT molecular complexity index is 1520. The van der Waals surface area contributed by atoms with E-state index < -0.39 is 23.7 Å². The minimum atomic E-state index is -0.434. The second kappa shape index (κ2) is 37.9. The van der Waals surface area contributed by atoms with Crippen molar-refractivity contribution in [1.29, 1.82) is 0 Å². The average Bonchev–Trinajstić information content (AvgIpc) is 4.44. The van der Waals surface area contributed by atoms with Gasteiger partial charge in [-0.05, 0) is 119 Å². The number of cyclic esters (lactones) is 4. The molecule has 8 fully saturated rings. The van der Waals surface area contributed by atoms with Crippen LogP contribution in [0.5, 0.6) is 0 Å². The van der Waals surface area contributed by atoms with Gasteiger partial charge < -0.3 is 66.3 Å². The summed E-state index contributed by atoms with van der Waals surface area (Å²) in [4.78, 5) is 52.4. The van der Waals surface area contributed by atoms with Crippen LogP contribution in [0, 0.1) is 35.5 Å². The van der Waals surface area contributed by atoms with Crippen LogP contribution in [0.25, 0.3) is 0 Å². The van der Waals surface area contributed by atoms with E-state index in [1.807, 2.05) is 55.4 Å². The van der Waals surface area contributed by atoms with Gasteiger partial charge in [0, 0.05) is 25.7 Å². The molecule has 0 aromatic rings. The topological polar surface area (TPSA) is 197 Å². The van der Waals surface area contributed by atoms with Gasteiger partial charge in [0.1, 0.15) is 24.4 Å². The number of rotatable bonds is 1. The van der Waals surface area contributed by atoms with E-state index in [0.29, 0.717) is 105 Å². The van der Waals surface area contributed by atoms with Gasteiger partial charge in [0.2, 0.25) is 0 Å². The van der Waals surface area contributed by atoms with Crippen molar-refractivity contribution >= 4 is 23.9 Å². The van der Waals surface area contributed by atoms with Gasteiger partial charge in [-0.3, -0.25) is 19.2 Å². The summed E-state index contributed by atoms with van der Waals surface area (Å²) in [6, 6.07) is 0. The molecular weight excluding hydrogens is 1060 g/mol. The van der Waals surface area contributed by atoms with Crippen LogP contribution < -0.4 is 0 Å². The first-order valence-corrected chi connectivity index (χ1v) is 32.5. The summed E-state index contributed by atoms with van der Waals surface area (Å²) < 4.78 is 80.4. The second-order valence-electron chi connectivity index (χ2n) is 25.1. The fraction of sp³-hybridized carbons (Fsp3) is 0.938. The first-order chi connectivity index (χ1) is 39.6. The Morgan fingerprint density at radius 3 is 0.646 bits per heavy atom. The quantitative estimate of drug-likeness (QED) is 0.177. The molecule has 18 nitrogen and oxygen atoms in total. The molecular formula is C64H110O18. The summed E-state index contributed by atoms with van der Waals surface area (Å²) in [6.45, 7) is 21.9. The molecule has 0 aromatic heterocycles. The maximum Gasteiger partial charge on any atom is 0.311 e. The number of fused-ring (bicyclic) bond motifs is 8. The highest BCUT2D eigenvalue weighted by Gasteiger charge is 2.41. The van der Waals surface area contributed by atoms with Gasteiger partial charge in [0.25, 0.3) is 0 Å². The minimum Gasteiger partial charge on any atom is -0.462 e. The molecule has 0 amide bonds. The van der Waals surface area contributed by atoms with Crippen LogP contribution >= 0.6 is 0 Å². The Hall–Kier alpha value is -2.52. The Balaban J connectivity index is 0.000000290. The molecule has 6 aliphatic heterocycles.